The average molecular weight is 344 g/mol. The molecule has 1 saturated heterocycles. The largest absolute Gasteiger partial charge is 0.383 e. The van der Waals surface area contributed by atoms with Crippen LogP contribution in [-0.2, 0) is 10.4 Å². The molecule has 4 nitrogen and oxygen atoms in total. The minimum absolute atomic E-state index is 0.0918. The first-order valence-electron chi connectivity index (χ1n) is 8.37. The minimum Gasteiger partial charge on any atom is -0.383 e. The molecule has 3 rings (SSSR count). The lowest BCUT2D eigenvalue weighted by Crippen LogP contribution is -2.36. The molecular weight excluding hydrogens is 320 g/mol. The van der Waals surface area contributed by atoms with Crippen molar-refractivity contribution < 1.29 is 9.90 Å². The Morgan fingerprint density at radius 1 is 1.38 bits per heavy atom. The van der Waals surface area contributed by atoms with Crippen LogP contribution >= 0.6 is 11.3 Å². The van der Waals surface area contributed by atoms with E-state index < -0.39 is 5.60 Å². The van der Waals surface area contributed by atoms with Crippen molar-refractivity contribution in [2.45, 2.75) is 38.3 Å². The standard InChI is InChI=1S/C19H24N2O2S/c1-14(20-13-19(2,23)17-8-5-11-24-17)15-6-3-7-16(12-15)21-10-4-9-18(21)22/h3,5-8,11-12,14,20,23H,4,9-10,13H2,1-2H3. The van der Waals surface area contributed by atoms with Gasteiger partial charge >= 0.3 is 0 Å². The number of anilines is 1. The lowest BCUT2D eigenvalue weighted by atomic mass is 10.0. The van der Waals surface area contributed by atoms with Gasteiger partial charge in [-0.3, -0.25) is 4.79 Å². The van der Waals surface area contributed by atoms with Crippen LogP contribution in [0.1, 0.15) is 43.2 Å². The second kappa shape index (κ2) is 7.05. The fraction of sp³-hybridized carbons (Fsp3) is 0.421. The molecule has 24 heavy (non-hydrogen) atoms. The van der Waals surface area contributed by atoms with Gasteiger partial charge in [0.2, 0.25) is 5.91 Å². The molecule has 2 heterocycles. The van der Waals surface area contributed by atoms with Gasteiger partial charge in [-0.05, 0) is 49.4 Å². The second-order valence-corrected chi connectivity index (χ2v) is 7.55. The third-order valence-corrected chi connectivity index (χ3v) is 5.68. The molecular formula is C19H24N2O2S. The molecule has 0 radical (unpaired) electrons. The number of nitrogens with one attached hydrogen (secondary N) is 1. The van der Waals surface area contributed by atoms with Crippen molar-refractivity contribution in [1.82, 2.24) is 5.32 Å². The van der Waals surface area contributed by atoms with Gasteiger partial charge < -0.3 is 15.3 Å². The highest BCUT2D eigenvalue weighted by atomic mass is 32.1. The Kier molecular flexibility index (Phi) is 5.04. The maximum atomic E-state index is 11.9. The van der Waals surface area contributed by atoms with Crippen molar-refractivity contribution in [3.05, 3.63) is 52.2 Å². The Bertz CT molecular complexity index is 697. The van der Waals surface area contributed by atoms with Gasteiger partial charge in [-0.25, -0.2) is 0 Å². The van der Waals surface area contributed by atoms with Crippen LogP contribution in [0.3, 0.4) is 0 Å². The molecule has 1 fully saturated rings. The van der Waals surface area contributed by atoms with E-state index in [0.717, 1.165) is 29.1 Å². The first-order valence-corrected chi connectivity index (χ1v) is 9.25. The van der Waals surface area contributed by atoms with Gasteiger partial charge in [0, 0.05) is 36.1 Å². The zero-order valence-electron chi connectivity index (χ0n) is 14.2. The number of amides is 1. The summed E-state index contributed by atoms with van der Waals surface area (Å²) in [7, 11) is 0. The molecule has 2 N–H and O–H groups in total. The van der Waals surface area contributed by atoms with Gasteiger partial charge in [-0.1, -0.05) is 18.2 Å². The van der Waals surface area contributed by atoms with Gasteiger partial charge in [0.1, 0.15) is 5.60 Å². The molecule has 1 aliphatic heterocycles. The van der Waals surface area contributed by atoms with Gasteiger partial charge in [0.25, 0.3) is 0 Å². The summed E-state index contributed by atoms with van der Waals surface area (Å²) in [6, 6.07) is 12.1. The summed E-state index contributed by atoms with van der Waals surface area (Å²) >= 11 is 1.56. The Balaban J connectivity index is 1.67. The van der Waals surface area contributed by atoms with E-state index in [2.05, 4.69) is 24.4 Å². The number of carbonyl (C=O) groups excluding carboxylic acids is 1. The highest BCUT2D eigenvalue weighted by molar-refractivity contribution is 7.10. The van der Waals surface area contributed by atoms with E-state index in [1.165, 1.54) is 0 Å². The molecule has 0 spiro atoms. The normalized spacial score (nSPS) is 18.6. The molecule has 1 aromatic heterocycles. The highest BCUT2D eigenvalue weighted by Crippen LogP contribution is 2.27. The first kappa shape index (κ1) is 17.1. The second-order valence-electron chi connectivity index (χ2n) is 6.60. The fourth-order valence-corrected chi connectivity index (χ4v) is 3.81. The number of hydrogen-bond donors (Lipinski definition) is 2. The van der Waals surface area contributed by atoms with E-state index in [1.54, 1.807) is 11.3 Å². The molecule has 5 heteroatoms. The average Bonchev–Trinajstić information content (AvgIpc) is 3.24. The van der Waals surface area contributed by atoms with Gasteiger partial charge in [-0.2, -0.15) is 0 Å². The van der Waals surface area contributed by atoms with E-state index in [4.69, 9.17) is 0 Å². The summed E-state index contributed by atoms with van der Waals surface area (Å²) in [6.45, 7) is 5.19. The highest BCUT2D eigenvalue weighted by Gasteiger charge is 2.25. The van der Waals surface area contributed by atoms with E-state index in [-0.39, 0.29) is 11.9 Å². The van der Waals surface area contributed by atoms with Crippen LogP contribution in [-0.4, -0.2) is 24.1 Å². The predicted molar refractivity (Wildman–Crippen MR) is 98.3 cm³/mol. The quantitative estimate of drug-likeness (QED) is 0.844. The summed E-state index contributed by atoms with van der Waals surface area (Å²) in [5.41, 5.74) is 1.20. The molecule has 1 aliphatic rings. The lowest BCUT2D eigenvalue weighted by molar-refractivity contribution is -0.117. The molecule has 0 saturated carbocycles. The Hall–Kier alpha value is -1.69. The zero-order chi connectivity index (χ0) is 17.2. The number of hydrogen-bond acceptors (Lipinski definition) is 4. The van der Waals surface area contributed by atoms with Gasteiger partial charge in [-0.15, -0.1) is 11.3 Å². The number of nitrogens with zero attached hydrogens (tertiary/aromatic N) is 1. The molecule has 2 unspecified atom stereocenters. The molecule has 128 valence electrons. The molecule has 2 aromatic rings. The van der Waals surface area contributed by atoms with Crippen LogP contribution in [0.4, 0.5) is 5.69 Å². The minimum atomic E-state index is -0.884. The lowest BCUT2D eigenvalue weighted by Gasteiger charge is -2.26. The van der Waals surface area contributed by atoms with E-state index >= 15 is 0 Å². The summed E-state index contributed by atoms with van der Waals surface area (Å²) in [4.78, 5) is 14.7. The maximum absolute atomic E-state index is 11.9. The number of thiophene rings is 1. The van der Waals surface area contributed by atoms with Crippen molar-refractivity contribution in [3.8, 4) is 0 Å². The number of rotatable bonds is 6. The van der Waals surface area contributed by atoms with Crippen LogP contribution in [0.25, 0.3) is 0 Å². The maximum Gasteiger partial charge on any atom is 0.227 e. The van der Waals surface area contributed by atoms with Crippen molar-refractivity contribution in [2.75, 3.05) is 18.0 Å². The molecule has 0 bridgehead atoms. The van der Waals surface area contributed by atoms with Crippen molar-refractivity contribution in [1.29, 1.82) is 0 Å². The number of benzene rings is 1. The monoisotopic (exact) mass is 344 g/mol. The van der Waals surface area contributed by atoms with E-state index in [0.29, 0.717) is 13.0 Å². The molecule has 2 atom stereocenters. The van der Waals surface area contributed by atoms with Crippen LogP contribution in [0, 0.1) is 0 Å². The van der Waals surface area contributed by atoms with Crippen molar-refractivity contribution in [3.63, 3.8) is 0 Å². The topological polar surface area (TPSA) is 52.6 Å². The number of carbonyl (C=O) groups is 1. The Morgan fingerprint density at radius 2 is 2.21 bits per heavy atom. The number of aliphatic hydroxyl groups is 1. The van der Waals surface area contributed by atoms with Crippen LogP contribution in [0.15, 0.2) is 41.8 Å². The third kappa shape index (κ3) is 3.69. The Labute approximate surface area is 147 Å². The van der Waals surface area contributed by atoms with Crippen molar-refractivity contribution in [2.24, 2.45) is 0 Å². The smallest absolute Gasteiger partial charge is 0.227 e. The summed E-state index contributed by atoms with van der Waals surface area (Å²) in [6.07, 6.45) is 1.57. The van der Waals surface area contributed by atoms with Crippen LogP contribution in [0.2, 0.25) is 0 Å². The van der Waals surface area contributed by atoms with Crippen molar-refractivity contribution >= 4 is 22.9 Å². The molecule has 1 aromatic carbocycles. The van der Waals surface area contributed by atoms with E-state index in [9.17, 15) is 9.90 Å². The summed E-state index contributed by atoms with van der Waals surface area (Å²) in [5, 5.41) is 16.0. The van der Waals surface area contributed by atoms with Gasteiger partial charge in [0.05, 0.1) is 0 Å². The zero-order valence-corrected chi connectivity index (χ0v) is 15.0. The van der Waals surface area contributed by atoms with Gasteiger partial charge in [0.15, 0.2) is 0 Å². The molecule has 0 aliphatic carbocycles. The van der Waals surface area contributed by atoms with Crippen LogP contribution in [0.5, 0.6) is 0 Å². The Morgan fingerprint density at radius 3 is 2.88 bits per heavy atom. The third-order valence-electron chi connectivity index (χ3n) is 4.56. The van der Waals surface area contributed by atoms with Crippen LogP contribution < -0.4 is 10.2 Å². The van der Waals surface area contributed by atoms with E-state index in [1.807, 2.05) is 41.5 Å². The first-order chi connectivity index (χ1) is 11.5. The summed E-state index contributed by atoms with van der Waals surface area (Å²) < 4.78 is 0. The SMILES string of the molecule is CC(NCC(C)(O)c1cccs1)c1cccc(N2CCCC2=O)c1. The predicted octanol–water partition coefficient (Wildman–Crippen LogP) is 3.43. The fourth-order valence-electron chi connectivity index (χ4n) is 3.02. The molecule has 1 amide bonds. The summed E-state index contributed by atoms with van der Waals surface area (Å²) in [5.74, 6) is 0.202.